The maximum atomic E-state index is 12.5. The third-order valence-corrected chi connectivity index (χ3v) is 5.89. The molecule has 0 heterocycles. The number of carbonyl (C=O) groups is 1. The third kappa shape index (κ3) is 4.24. The number of ether oxygens (including phenoxy) is 1. The molecule has 0 fully saturated rings. The number of hydrogen-bond acceptors (Lipinski definition) is 4. The van der Waals surface area contributed by atoms with Crippen LogP contribution >= 0.6 is 23.2 Å². The van der Waals surface area contributed by atoms with Gasteiger partial charge in [-0.05, 0) is 36.4 Å². The number of nitrogens with one attached hydrogen (secondary N) is 1. The predicted octanol–water partition coefficient (Wildman–Crippen LogP) is 3.50. The lowest BCUT2D eigenvalue weighted by molar-refractivity contribution is 0.102. The molecule has 0 aromatic heterocycles. The first-order valence-electron chi connectivity index (χ1n) is 7.03. The fraction of sp³-hybridized carbons (Fsp3) is 0.188. The lowest BCUT2D eigenvalue weighted by Crippen LogP contribution is -2.23. The minimum absolute atomic E-state index is 0.0330. The maximum Gasteiger partial charge on any atom is 0.255 e. The molecule has 2 rings (SSSR count). The Morgan fingerprint density at radius 2 is 1.80 bits per heavy atom. The average molecular weight is 403 g/mol. The Kier molecular flexibility index (Phi) is 5.95. The van der Waals surface area contributed by atoms with Crippen LogP contribution in [0.1, 0.15) is 10.4 Å². The number of nitrogens with zero attached hydrogens (tertiary/aromatic N) is 1. The van der Waals surface area contributed by atoms with Crippen LogP contribution in [0.15, 0.2) is 41.3 Å². The molecule has 0 atom stereocenters. The molecule has 2 aromatic rings. The first-order valence-corrected chi connectivity index (χ1v) is 9.23. The summed E-state index contributed by atoms with van der Waals surface area (Å²) in [6.07, 6.45) is 0. The Labute approximate surface area is 156 Å². The van der Waals surface area contributed by atoms with E-state index in [1.807, 2.05) is 0 Å². The maximum absolute atomic E-state index is 12.5. The molecule has 0 spiro atoms. The number of anilines is 1. The predicted molar refractivity (Wildman–Crippen MR) is 98.3 cm³/mol. The summed E-state index contributed by atoms with van der Waals surface area (Å²) in [5.41, 5.74) is 0.499. The highest BCUT2D eigenvalue weighted by Gasteiger charge is 2.22. The van der Waals surface area contributed by atoms with Gasteiger partial charge in [-0.3, -0.25) is 4.79 Å². The highest BCUT2D eigenvalue weighted by molar-refractivity contribution is 7.89. The number of hydrogen-bond donors (Lipinski definition) is 1. The van der Waals surface area contributed by atoms with Crippen LogP contribution in [-0.2, 0) is 10.0 Å². The summed E-state index contributed by atoms with van der Waals surface area (Å²) in [5.74, 6) is -0.0970. The van der Waals surface area contributed by atoms with E-state index in [2.05, 4.69) is 5.32 Å². The van der Waals surface area contributed by atoms with Gasteiger partial charge in [-0.2, -0.15) is 0 Å². The summed E-state index contributed by atoms with van der Waals surface area (Å²) < 4.78 is 30.8. The number of amides is 1. The van der Waals surface area contributed by atoms with Crippen LogP contribution in [-0.4, -0.2) is 39.8 Å². The van der Waals surface area contributed by atoms with Gasteiger partial charge < -0.3 is 10.1 Å². The molecule has 0 aliphatic rings. The zero-order valence-electron chi connectivity index (χ0n) is 13.7. The van der Waals surface area contributed by atoms with Gasteiger partial charge >= 0.3 is 0 Å². The van der Waals surface area contributed by atoms with Crippen molar-refractivity contribution in [1.29, 1.82) is 0 Å². The summed E-state index contributed by atoms with van der Waals surface area (Å²) in [6, 6.07) is 8.79. The van der Waals surface area contributed by atoms with Crippen molar-refractivity contribution in [2.24, 2.45) is 0 Å². The van der Waals surface area contributed by atoms with Crippen molar-refractivity contribution in [3.05, 3.63) is 52.0 Å². The minimum atomic E-state index is -3.78. The first kappa shape index (κ1) is 19.5. The monoisotopic (exact) mass is 402 g/mol. The topological polar surface area (TPSA) is 75.7 Å². The van der Waals surface area contributed by atoms with Crippen LogP contribution in [0.3, 0.4) is 0 Å². The smallest absolute Gasteiger partial charge is 0.255 e. The van der Waals surface area contributed by atoms with Crippen LogP contribution in [0.25, 0.3) is 0 Å². The number of rotatable bonds is 5. The normalized spacial score (nSPS) is 11.4. The quantitative estimate of drug-likeness (QED) is 0.829. The molecule has 1 amide bonds. The van der Waals surface area contributed by atoms with Crippen molar-refractivity contribution >= 4 is 44.8 Å². The highest BCUT2D eigenvalue weighted by Crippen LogP contribution is 2.29. The SMILES string of the molecule is COc1ccc(Cl)cc1NC(=O)c1ccc(Cl)c(S(=O)(=O)N(C)C)c1. The van der Waals surface area contributed by atoms with E-state index in [1.165, 1.54) is 45.5 Å². The van der Waals surface area contributed by atoms with Gasteiger partial charge in [-0.15, -0.1) is 0 Å². The fourth-order valence-electron chi connectivity index (χ4n) is 2.01. The van der Waals surface area contributed by atoms with Gasteiger partial charge in [-0.25, -0.2) is 12.7 Å². The van der Waals surface area contributed by atoms with Crippen LogP contribution in [0.5, 0.6) is 5.75 Å². The van der Waals surface area contributed by atoms with Gasteiger partial charge in [0.1, 0.15) is 10.6 Å². The zero-order valence-corrected chi connectivity index (χ0v) is 16.0. The van der Waals surface area contributed by atoms with E-state index in [-0.39, 0.29) is 15.5 Å². The molecular weight excluding hydrogens is 387 g/mol. The Balaban J connectivity index is 2.40. The number of benzene rings is 2. The summed E-state index contributed by atoms with van der Waals surface area (Å²) in [5, 5.41) is 3.10. The second kappa shape index (κ2) is 7.61. The van der Waals surface area contributed by atoms with Gasteiger partial charge in [0.2, 0.25) is 10.0 Å². The lowest BCUT2D eigenvalue weighted by atomic mass is 10.2. The molecule has 0 aliphatic heterocycles. The van der Waals surface area contributed by atoms with E-state index in [4.69, 9.17) is 27.9 Å². The lowest BCUT2D eigenvalue weighted by Gasteiger charge is -2.14. The van der Waals surface area contributed by atoms with Crippen LogP contribution in [0.4, 0.5) is 5.69 Å². The summed E-state index contributed by atoms with van der Waals surface area (Å²) >= 11 is 11.9. The highest BCUT2D eigenvalue weighted by atomic mass is 35.5. The summed E-state index contributed by atoms with van der Waals surface area (Å²) in [6.45, 7) is 0. The first-order chi connectivity index (χ1) is 11.7. The van der Waals surface area contributed by atoms with E-state index >= 15 is 0 Å². The van der Waals surface area contributed by atoms with Gasteiger partial charge in [0.05, 0.1) is 17.8 Å². The second-order valence-electron chi connectivity index (χ2n) is 5.23. The Bertz CT molecular complexity index is 914. The van der Waals surface area contributed by atoms with Crippen LogP contribution < -0.4 is 10.1 Å². The number of sulfonamides is 1. The standard InChI is InChI=1S/C16H16Cl2N2O4S/c1-20(2)25(22,23)15-8-10(4-6-12(15)18)16(21)19-13-9-11(17)5-7-14(13)24-3/h4-9H,1-3H3,(H,19,21). The van der Waals surface area contributed by atoms with Gasteiger partial charge in [0.25, 0.3) is 5.91 Å². The summed E-state index contributed by atoms with van der Waals surface area (Å²) in [7, 11) is 0.449. The molecule has 134 valence electrons. The molecule has 0 radical (unpaired) electrons. The number of halogens is 2. The fourth-order valence-corrected chi connectivity index (χ4v) is 3.58. The number of carbonyl (C=O) groups excluding carboxylic acids is 1. The Morgan fingerprint density at radius 1 is 1.12 bits per heavy atom. The van der Waals surface area contributed by atoms with Crippen molar-refractivity contribution < 1.29 is 17.9 Å². The molecule has 0 saturated carbocycles. The summed E-state index contributed by atoms with van der Waals surface area (Å²) in [4.78, 5) is 12.3. The van der Waals surface area contributed by atoms with Crippen molar-refractivity contribution in [3.63, 3.8) is 0 Å². The molecule has 25 heavy (non-hydrogen) atoms. The molecule has 1 N–H and O–H groups in total. The van der Waals surface area contributed by atoms with E-state index < -0.39 is 15.9 Å². The van der Waals surface area contributed by atoms with Crippen molar-refractivity contribution in [3.8, 4) is 5.75 Å². The second-order valence-corrected chi connectivity index (χ2v) is 8.20. The largest absolute Gasteiger partial charge is 0.495 e. The third-order valence-electron chi connectivity index (χ3n) is 3.36. The van der Waals surface area contributed by atoms with Crippen LogP contribution in [0.2, 0.25) is 10.0 Å². The molecule has 0 saturated heterocycles. The van der Waals surface area contributed by atoms with Crippen molar-refractivity contribution in [1.82, 2.24) is 4.31 Å². The van der Waals surface area contributed by atoms with Crippen LogP contribution in [0, 0.1) is 0 Å². The molecule has 6 nitrogen and oxygen atoms in total. The average Bonchev–Trinajstić information content (AvgIpc) is 2.55. The van der Waals surface area contributed by atoms with Crippen molar-refractivity contribution in [2.75, 3.05) is 26.5 Å². The van der Waals surface area contributed by atoms with Gasteiger partial charge in [0.15, 0.2) is 0 Å². The van der Waals surface area contributed by atoms with E-state index in [0.717, 1.165) is 4.31 Å². The minimum Gasteiger partial charge on any atom is -0.495 e. The van der Waals surface area contributed by atoms with Crippen molar-refractivity contribution in [2.45, 2.75) is 4.90 Å². The van der Waals surface area contributed by atoms with E-state index in [1.54, 1.807) is 12.1 Å². The molecular formula is C16H16Cl2N2O4S. The molecule has 0 aliphatic carbocycles. The Hall–Kier alpha value is -1.80. The van der Waals surface area contributed by atoms with Gasteiger partial charge in [0, 0.05) is 24.7 Å². The number of methoxy groups -OCH3 is 1. The molecule has 0 bridgehead atoms. The zero-order chi connectivity index (χ0) is 18.8. The molecule has 9 heteroatoms. The Morgan fingerprint density at radius 3 is 2.40 bits per heavy atom. The van der Waals surface area contributed by atoms with E-state index in [9.17, 15) is 13.2 Å². The van der Waals surface area contributed by atoms with E-state index in [0.29, 0.717) is 16.5 Å². The van der Waals surface area contributed by atoms with Gasteiger partial charge in [-0.1, -0.05) is 23.2 Å². The molecule has 0 unspecified atom stereocenters. The molecule has 2 aromatic carbocycles.